The second kappa shape index (κ2) is 9.39. The van der Waals surface area contributed by atoms with Crippen LogP contribution in [0.1, 0.15) is 16.9 Å². The molecule has 0 saturated carbocycles. The SMILES string of the molecule is CN(C)CCN(C)CCCN(C)C(=O)c1cc(=O)[nH]c(N(C)C)n1. The number of aromatic nitrogens is 2. The van der Waals surface area contributed by atoms with Gasteiger partial charge in [-0.15, -0.1) is 0 Å². The van der Waals surface area contributed by atoms with Gasteiger partial charge >= 0.3 is 0 Å². The molecule has 0 bridgehead atoms. The van der Waals surface area contributed by atoms with Crippen molar-refractivity contribution in [3.8, 4) is 0 Å². The van der Waals surface area contributed by atoms with Crippen LogP contribution in [-0.4, -0.2) is 99.0 Å². The van der Waals surface area contributed by atoms with E-state index in [0.717, 1.165) is 26.1 Å². The van der Waals surface area contributed by atoms with Crippen LogP contribution in [0.5, 0.6) is 0 Å². The first kappa shape index (κ1) is 20.1. The number of anilines is 1. The van der Waals surface area contributed by atoms with Gasteiger partial charge < -0.3 is 19.6 Å². The Bertz CT molecular complexity index is 584. The summed E-state index contributed by atoms with van der Waals surface area (Å²) in [5.74, 6) is 0.141. The van der Waals surface area contributed by atoms with Crippen LogP contribution in [0.2, 0.25) is 0 Å². The number of nitrogens with one attached hydrogen (secondary N) is 1. The van der Waals surface area contributed by atoms with Gasteiger partial charge in [-0.1, -0.05) is 0 Å². The lowest BCUT2D eigenvalue weighted by atomic mass is 10.3. The summed E-state index contributed by atoms with van der Waals surface area (Å²) < 4.78 is 0. The van der Waals surface area contributed by atoms with Gasteiger partial charge in [-0.05, 0) is 34.1 Å². The fraction of sp³-hybridized carbons (Fsp3) is 0.688. The molecule has 0 aliphatic carbocycles. The van der Waals surface area contributed by atoms with E-state index >= 15 is 0 Å². The summed E-state index contributed by atoms with van der Waals surface area (Å²) in [4.78, 5) is 38.6. The van der Waals surface area contributed by atoms with E-state index in [1.165, 1.54) is 6.07 Å². The smallest absolute Gasteiger partial charge is 0.272 e. The maximum Gasteiger partial charge on any atom is 0.272 e. The number of nitrogens with zero attached hydrogens (tertiary/aromatic N) is 5. The molecule has 0 saturated heterocycles. The topological polar surface area (TPSA) is 75.8 Å². The maximum absolute atomic E-state index is 12.4. The van der Waals surface area contributed by atoms with E-state index in [0.29, 0.717) is 12.5 Å². The highest BCUT2D eigenvalue weighted by Crippen LogP contribution is 2.04. The number of carbonyl (C=O) groups excluding carboxylic acids is 1. The lowest BCUT2D eigenvalue weighted by Crippen LogP contribution is -2.34. The van der Waals surface area contributed by atoms with Gasteiger partial charge in [-0.2, -0.15) is 0 Å². The van der Waals surface area contributed by atoms with Crippen molar-refractivity contribution in [3.05, 3.63) is 22.1 Å². The number of amides is 1. The predicted molar refractivity (Wildman–Crippen MR) is 96.8 cm³/mol. The molecule has 1 amide bonds. The molecule has 1 rings (SSSR count). The number of likely N-dealkylation sites (N-methyl/N-ethyl adjacent to an activating group) is 2. The molecule has 0 aromatic carbocycles. The van der Waals surface area contributed by atoms with E-state index in [1.54, 1.807) is 30.9 Å². The van der Waals surface area contributed by atoms with Gasteiger partial charge in [0.25, 0.3) is 11.5 Å². The summed E-state index contributed by atoms with van der Waals surface area (Å²) in [5.41, 5.74) is -0.153. The van der Waals surface area contributed by atoms with Crippen LogP contribution in [0.3, 0.4) is 0 Å². The van der Waals surface area contributed by atoms with Crippen molar-refractivity contribution in [1.82, 2.24) is 24.7 Å². The highest BCUT2D eigenvalue weighted by atomic mass is 16.2. The first-order valence-corrected chi connectivity index (χ1v) is 8.08. The van der Waals surface area contributed by atoms with E-state index in [4.69, 9.17) is 0 Å². The second-order valence-corrected chi connectivity index (χ2v) is 6.54. The molecule has 0 aliphatic heterocycles. The number of hydrogen-bond acceptors (Lipinski definition) is 6. The Morgan fingerprint density at radius 3 is 2.29 bits per heavy atom. The molecule has 0 unspecified atom stereocenters. The molecule has 0 fully saturated rings. The van der Waals surface area contributed by atoms with Crippen molar-refractivity contribution in [2.75, 3.05) is 73.4 Å². The number of aromatic amines is 1. The van der Waals surface area contributed by atoms with Crippen LogP contribution in [-0.2, 0) is 0 Å². The Morgan fingerprint density at radius 1 is 1.04 bits per heavy atom. The van der Waals surface area contributed by atoms with Crippen LogP contribution in [0.4, 0.5) is 5.95 Å². The van der Waals surface area contributed by atoms with Crippen molar-refractivity contribution in [2.24, 2.45) is 0 Å². The third-order valence-corrected chi connectivity index (χ3v) is 3.68. The molecule has 1 N–H and O–H groups in total. The van der Waals surface area contributed by atoms with Gasteiger partial charge in [0.2, 0.25) is 5.95 Å². The zero-order chi connectivity index (χ0) is 18.3. The number of H-pyrrole nitrogens is 1. The van der Waals surface area contributed by atoms with Crippen LogP contribution >= 0.6 is 0 Å². The molecule has 1 heterocycles. The lowest BCUT2D eigenvalue weighted by Gasteiger charge is -2.22. The third kappa shape index (κ3) is 6.67. The number of carbonyl (C=O) groups is 1. The van der Waals surface area contributed by atoms with Gasteiger partial charge in [-0.25, -0.2) is 4.98 Å². The van der Waals surface area contributed by atoms with Crippen LogP contribution < -0.4 is 10.5 Å². The second-order valence-electron chi connectivity index (χ2n) is 6.54. The summed E-state index contributed by atoms with van der Waals surface area (Å²) in [7, 11) is 11.4. The van der Waals surface area contributed by atoms with Crippen LogP contribution in [0.25, 0.3) is 0 Å². The Hall–Kier alpha value is -1.93. The largest absolute Gasteiger partial charge is 0.348 e. The Morgan fingerprint density at radius 2 is 1.71 bits per heavy atom. The van der Waals surface area contributed by atoms with Crippen molar-refractivity contribution >= 4 is 11.9 Å². The van der Waals surface area contributed by atoms with Gasteiger partial charge in [-0.3, -0.25) is 14.6 Å². The monoisotopic (exact) mass is 338 g/mol. The highest BCUT2D eigenvalue weighted by molar-refractivity contribution is 5.92. The molecule has 8 heteroatoms. The Balaban J connectivity index is 2.55. The van der Waals surface area contributed by atoms with E-state index in [1.807, 2.05) is 0 Å². The first-order chi connectivity index (χ1) is 11.2. The van der Waals surface area contributed by atoms with E-state index in [9.17, 15) is 9.59 Å². The van der Waals surface area contributed by atoms with Gasteiger partial charge in [0.15, 0.2) is 0 Å². The number of rotatable bonds is 9. The van der Waals surface area contributed by atoms with Crippen molar-refractivity contribution < 1.29 is 4.79 Å². The van der Waals surface area contributed by atoms with Crippen molar-refractivity contribution in [2.45, 2.75) is 6.42 Å². The minimum absolute atomic E-state index is 0.172. The molecule has 1 aromatic heterocycles. The van der Waals surface area contributed by atoms with E-state index in [2.05, 4.69) is 40.9 Å². The molecule has 0 radical (unpaired) electrons. The minimum atomic E-state index is -0.325. The fourth-order valence-corrected chi connectivity index (χ4v) is 2.12. The number of hydrogen-bond donors (Lipinski definition) is 1. The zero-order valence-corrected chi connectivity index (χ0v) is 15.7. The predicted octanol–water partition coefficient (Wildman–Crippen LogP) is -0.209. The molecule has 0 aliphatic rings. The summed E-state index contributed by atoms with van der Waals surface area (Å²) in [6.45, 7) is 3.54. The van der Waals surface area contributed by atoms with Crippen LogP contribution in [0, 0.1) is 0 Å². The molecule has 24 heavy (non-hydrogen) atoms. The van der Waals surface area contributed by atoms with Gasteiger partial charge in [0.1, 0.15) is 5.69 Å². The quantitative estimate of drug-likeness (QED) is 0.672. The molecule has 0 atom stereocenters. The average Bonchev–Trinajstić information content (AvgIpc) is 2.51. The molecular formula is C16H30N6O2. The fourth-order valence-electron chi connectivity index (χ4n) is 2.12. The first-order valence-electron chi connectivity index (χ1n) is 8.08. The van der Waals surface area contributed by atoms with Crippen LogP contribution in [0.15, 0.2) is 10.9 Å². The summed E-state index contributed by atoms with van der Waals surface area (Å²) in [5, 5.41) is 0. The van der Waals surface area contributed by atoms with Crippen molar-refractivity contribution in [3.63, 3.8) is 0 Å². The molecular weight excluding hydrogens is 308 g/mol. The molecule has 8 nitrogen and oxygen atoms in total. The normalized spacial score (nSPS) is 11.2. The molecule has 0 spiro atoms. The van der Waals surface area contributed by atoms with Gasteiger partial charge in [0.05, 0.1) is 0 Å². The summed E-state index contributed by atoms with van der Waals surface area (Å²) in [6.07, 6.45) is 0.871. The minimum Gasteiger partial charge on any atom is -0.348 e. The molecule has 136 valence electrons. The zero-order valence-electron chi connectivity index (χ0n) is 15.7. The Labute approximate surface area is 144 Å². The summed E-state index contributed by atoms with van der Waals surface area (Å²) in [6, 6.07) is 1.25. The standard InChI is InChI=1S/C16H30N6O2/c1-19(2)10-11-21(5)8-7-9-22(6)15(24)13-12-14(23)18-16(17-13)20(3)4/h12H,7-11H2,1-6H3,(H,17,18,23). The highest BCUT2D eigenvalue weighted by Gasteiger charge is 2.15. The molecule has 1 aromatic rings. The summed E-state index contributed by atoms with van der Waals surface area (Å²) >= 11 is 0. The lowest BCUT2D eigenvalue weighted by molar-refractivity contribution is 0.0783. The Kier molecular flexibility index (Phi) is 7.87. The van der Waals surface area contributed by atoms with Crippen molar-refractivity contribution in [1.29, 1.82) is 0 Å². The van der Waals surface area contributed by atoms with Gasteiger partial charge in [0, 0.05) is 46.8 Å². The third-order valence-electron chi connectivity index (χ3n) is 3.68. The van der Waals surface area contributed by atoms with E-state index in [-0.39, 0.29) is 17.2 Å². The van der Waals surface area contributed by atoms with E-state index < -0.39 is 0 Å². The maximum atomic E-state index is 12.4. The average molecular weight is 338 g/mol.